The van der Waals surface area contributed by atoms with Gasteiger partial charge in [-0.3, -0.25) is 0 Å². The molecule has 0 amide bonds. The molecule has 2 rings (SSSR count). The van der Waals surface area contributed by atoms with Crippen molar-refractivity contribution in [2.24, 2.45) is 5.92 Å². The zero-order valence-corrected chi connectivity index (χ0v) is 12.5. The molecule has 2 unspecified atom stereocenters. The molecule has 3 heteroatoms. The predicted octanol–water partition coefficient (Wildman–Crippen LogP) is 4.65. The van der Waals surface area contributed by atoms with Gasteiger partial charge in [-0.1, -0.05) is 42.1 Å². The van der Waals surface area contributed by atoms with Crippen molar-refractivity contribution in [3.05, 3.63) is 34.1 Å². The number of hydrogen-bond acceptors (Lipinski definition) is 1. The number of hydrogen-bond donors (Lipinski definition) is 1. The quantitative estimate of drug-likeness (QED) is 0.853. The number of nitrogens with one attached hydrogen (secondary N) is 1. The average Bonchev–Trinajstić information content (AvgIpc) is 2.35. The van der Waals surface area contributed by atoms with Gasteiger partial charge in [0.15, 0.2) is 0 Å². The fraction of sp³-hybridized carbons (Fsp3) is 0.600. The lowest BCUT2D eigenvalue weighted by Gasteiger charge is -2.29. The summed E-state index contributed by atoms with van der Waals surface area (Å²) >= 11 is 3.33. The van der Waals surface area contributed by atoms with Crippen LogP contribution in [0, 0.1) is 11.7 Å². The first-order valence-corrected chi connectivity index (χ1v) is 7.65. The van der Waals surface area contributed by atoms with Crippen LogP contribution in [0.25, 0.3) is 0 Å². The van der Waals surface area contributed by atoms with E-state index < -0.39 is 0 Å². The summed E-state index contributed by atoms with van der Waals surface area (Å²) in [7, 11) is 0. The molecule has 1 aliphatic carbocycles. The van der Waals surface area contributed by atoms with E-state index in [2.05, 4.69) is 28.2 Å². The van der Waals surface area contributed by atoms with E-state index in [4.69, 9.17) is 0 Å². The van der Waals surface area contributed by atoms with Gasteiger partial charge in [0.05, 0.1) is 0 Å². The van der Waals surface area contributed by atoms with Crippen molar-refractivity contribution in [1.29, 1.82) is 0 Å². The summed E-state index contributed by atoms with van der Waals surface area (Å²) in [6, 6.07) is 5.69. The topological polar surface area (TPSA) is 12.0 Å². The van der Waals surface area contributed by atoms with Gasteiger partial charge in [-0.05, 0) is 42.5 Å². The summed E-state index contributed by atoms with van der Waals surface area (Å²) in [5, 5.41) is 3.57. The van der Waals surface area contributed by atoms with Crippen LogP contribution in [0.2, 0.25) is 0 Å². The Kier molecular flexibility index (Phi) is 5.19. The van der Waals surface area contributed by atoms with Crippen molar-refractivity contribution >= 4 is 15.9 Å². The van der Waals surface area contributed by atoms with Crippen LogP contribution >= 0.6 is 15.9 Å². The van der Waals surface area contributed by atoms with Gasteiger partial charge in [-0.15, -0.1) is 0 Å². The second-order valence-corrected chi connectivity index (χ2v) is 6.21. The normalized spacial score (nSPS) is 24.2. The largest absolute Gasteiger partial charge is 0.310 e. The molecule has 1 nitrogen and oxygen atoms in total. The van der Waals surface area contributed by atoms with Crippen LogP contribution in [0.5, 0.6) is 0 Å². The Morgan fingerprint density at radius 2 is 2.17 bits per heavy atom. The number of halogens is 2. The highest BCUT2D eigenvalue weighted by atomic mass is 79.9. The second kappa shape index (κ2) is 6.67. The molecule has 0 saturated heterocycles. The molecule has 1 N–H and O–H groups in total. The molecular weight excluding hydrogens is 293 g/mol. The lowest BCUT2D eigenvalue weighted by atomic mass is 9.84. The molecule has 1 saturated carbocycles. The highest BCUT2D eigenvalue weighted by Crippen LogP contribution is 2.26. The lowest BCUT2D eigenvalue weighted by Crippen LogP contribution is -2.33. The second-order valence-electron chi connectivity index (χ2n) is 5.30. The summed E-state index contributed by atoms with van der Waals surface area (Å²) in [5.41, 5.74) is 1.01. The van der Waals surface area contributed by atoms with Crippen molar-refractivity contribution in [3.63, 3.8) is 0 Å². The molecular formula is C15H21BrFN. The molecule has 1 aromatic rings. The lowest BCUT2D eigenvalue weighted by molar-refractivity contribution is 0.278. The van der Waals surface area contributed by atoms with E-state index in [9.17, 15) is 4.39 Å². The van der Waals surface area contributed by atoms with E-state index in [1.54, 1.807) is 6.07 Å². The van der Waals surface area contributed by atoms with Crippen molar-refractivity contribution in [3.8, 4) is 0 Å². The van der Waals surface area contributed by atoms with E-state index in [0.29, 0.717) is 6.04 Å². The third kappa shape index (κ3) is 4.06. The molecule has 100 valence electrons. The van der Waals surface area contributed by atoms with E-state index in [1.165, 1.54) is 38.2 Å². The summed E-state index contributed by atoms with van der Waals surface area (Å²) in [4.78, 5) is 0. The van der Waals surface area contributed by atoms with Crippen LogP contribution in [-0.2, 0) is 6.54 Å². The van der Waals surface area contributed by atoms with Gasteiger partial charge in [0.1, 0.15) is 5.82 Å². The van der Waals surface area contributed by atoms with E-state index in [0.717, 1.165) is 22.5 Å². The summed E-state index contributed by atoms with van der Waals surface area (Å²) < 4.78 is 14.1. The molecule has 0 spiro atoms. The molecule has 0 aromatic heterocycles. The maximum atomic E-state index is 13.3. The zero-order chi connectivity index (χ0) is 13.0. The Balaban J connectivity index is 1.87. The third-order valence-electron chi connectivity index (χ3n) is 3.88. The molecule has 18 heavy (non-hydrogen) atoms. The van der Waals surface area contributed by atoms with E-state index in [-0.39, 0.29) is 5.82 Å². The van der Waals surface area contributed by atoms with Gasteiger partial charge in [0, 0.05) is 17.1 Å². The first-order chi connectivity index (χ1) is 8.67. The Morgan fingerprint density at radius 1 is 1.33 bits per heavy atom. The fourth-order valence-electron chi connectivity index (χ4n) is 2.82. The minimum Gasteiger partial charge on any atom is -0.310 e. The first-order valence-electron chi connectivity index (χ1n) is 6.85. The fourth-order valence-corrected chi connectivity index (χ4v) is 3.34. The minimum absolute atomic E-state index is 0.170. The molecule has 0 aliphatic heterocycles. The standard InChI is InChI=1S/C15H21BrFN/c1-2-11-4-3-5-15(8-11)18-10-12-6-13(16)9-14(17)7-12/h6-7,9,11,15,18H,2-5,8,10H2,1H3. The molecule has 1 aliphatic rings. The molecule has 2 atom stereocenters. The maximum Gasteiger partial charge on any atom is 0.124 e. The van der Waals surface area contributed by atoms with Crippen LogP contribution in [0.1, 0.15) is 44.6 Å². The van der Waals surface area contributed by atoms with Crippen molar-refractivity contribution in [1.82, 2.24) is 5.32 Å². The maximum absolute atomic E-state index is 13.3. The average molecular weight is 314 g/mol. The monoisotopic (exact) mass is 313 g/mol. The molecule has 0 heterocycles. The van der Waals surface area contributed by atoms with Gasteiger partial charge in [0.25, 0.3) is 0 Å². The van der Waals surface area contributed by atoms with Gasteiger partial charge in [-0.25, -0.2) is 4.39 Å². The Bertz CT molecular complexity index is 374. The molecule has 1 fully saturated rings. The van der Waals surface area contributed by atoms with E-state index in [1.807, 2.05) is 6.07 Å². The summed E-state index contributed by atoms with van der Waals surface area (Å²) in [6.07, 6.45) is 6.51. The molecule has 1 aromatic carbocycles. The zero-order valence-electron chi connectivity index (χ0n) is 10.9. The number of rotatable bonds is 4. The smallest absolute Gasteiger partial charge is 0.124 e. The van der Waals surface area contributed by atoms with Crippen LogP contribution in [0.15, 0.2) is 22.7 Å². The van der Waals surface area contributed by atoms with Crippen LogP contribution in [-0.4, -0.2) is 6.04 Å². The van der Waals surface area contributed by atoms with Crippen molar-refractivity contribution < 1.29 is 4.39 Å². The Morgan fingerprint density at radius 3 is 2.89 bits per heavy atom. The SMILES string of the molecule is CCC1CCCC(NCc2cc(F)cc(Br)c2)C1. The van der Waals surface area contributed by atoms with Gasteiger partial charge >= 0.3 is 0 Å². The number of benzene rings is 1. The minimum atomic E-state index is -0.170. The van der Waals surface area contributed by atoms with Crippen molar-refractivity contribution in [2.75, 3.05) is 0 Å². The van der Waals surface area contributed by atoms with Crippen molar-refractivity contribution in [2.45, 2.75) is 51.6 Å². The molecule has 0 bridgehead atoms. The van der Waals surface area contributed by atoms with Gasteiger partial charge < -0.3 is 5.32 Å². The third-order valence-corrected chi connectivity index (χ3v) is 4.34. The van der Waals surface area contributed by atoms with E-state index >= 15 is 0 Å². The van der Waals surface area contributed by atoms with Crippen LogP contribution in [0.3, 0.4) is 0 Å². The van der Waals surface area contributed by atoms with Gasteiger partial charge in [0.2, 0.25) is 0 Å². The van der Waals surface area contributed by atoms with Crippen LogP contribution in [0.4, 0.5) is 4.39 Å². The van der Waals surface area contributed by atoms with Gasteiger partial charge in [-0.2, -0.15) is 0 Å². The summed E-state index contributed by atoms with van der Waals surface area (Å²) in [5.74, 6) is 0.701. The highest BCUT2D eigenvalue weighted by Gasteiger charge is 2.20. The molecule has 0 radical (unpaired) electrons. The van der Waals surface area contributed by atoms with Crippen LogP contribution < -0.4 is 5.32 Å². The Hall–Kier alpha value is -0.410. The predicted molar refractivity (Wildman–Crippen MR) is 77.0 cm³/mol. The highest BCUT2D eigenvalue weighted by molar-refractivity contribution is 9.10. The Labute approximate surface area is 117 Å². The first kappa shape index (κ1) is 14.0. The summed E-state index contributed by atoms with van der Waals surface area (Å²) in [6.45, 7) is 3.04.